The van der Waals surface area contributed by atoms with Gasteiger partial charge in [-0.1, -0.05) is 0 Å². The zero-order chi connectivity index (χ0) is 8.85. The van der Waals surface area contributed by atoms with Gasteiger partial charge in [0.2, 0.25) is 0 Å². The number of rotatable bonds is 5. The molecule has 0 aromatic carbocycles. The van der Waals surface area contributed by atoms with Crippen molar-refractivity contribution in [3.63, 3.8) is 0 Å². The predicted molar refractivity (Wildman–Crippen MR) is 28.3 cm³/mol. The molecule has 0 aromatic heterocycles. The van der Waals surface area contributed by atoms with Crippen molar-refractivity contribution >= 4 is 16.5 Å². The quantitative estimate of drug-likeness (QED) is 0.291. The molecule has 0 saturated heterocycles. The van der Waals surface area contributed by atoms with E-state index in [9.17, 15) is 18.9 Å². The Labute approximate surface area is 120 Å². The van der Waals surface area contributed by atoms with Gasteiger partial charge in [0.1, 0.15) is 6.61 Å². The molecule has 7 nitrogen and oxygen atoms in total. The second-order valence-corrected chi connectivity index (χ2v) is 2.59. The zero-order valence-electron chi connectivity index (χ0n) is 7.08. The normalized spacial score (nSPS) is 13.5. The van der Waals surface area contributed by atoms with E-state index >= 15 is 0 Å². The molecule has 0 fully saturated rings. The molecular weight excluding hydrogens is 244 g/mol. The fourth-order valence-electron chi connectivity index (χ4n) is 0.278. The standard InChI is InChI=1S/C2H4O7P2.2Na/c3-1-2(8-10(4)5)9-11(6)7;;/h2-3H,1H2;;/q;2*+1. The van der Waals surface area contributed by atoms with Gasteiger partial charge in [-0.15, -0.1) is 9.05 Å². The zero-order valence-corrected chi connectivity index (χ0v) is 12.9. The molecule has 0 bridgehead atoms. The Bertz CT molecular complexity index is 149. The van der Waals surface area contributed by atoms with Crippen molar-refractivity contribution in [1.82, 2.24) is 0 Å². The predicted octanol–water partition coefficient (Wildman–Crippen LogP) is -7.62. The maximum absolute atomic E-state index is 9.78. The summed E-state index contributed by atoms with van der Waals surface area (Å²) in [4.78, 5) is 19.6. The molecule has 0 amide bonds. The van der Waals surface area contributed by atoms with Crippen molar-refractivity contribution in [1.29, 1.82) is 0 Å². The van der Waals surface area contributed by atoms with Gasteiger partial charge in [0.05, 0.1) is 0 Å². The van der Waals surface area contributed by atoms with Gasteiger partial charge in [0.25, 0.3) is 6.29 Å². The topological polar surface area (TPSA) is 119 Å². The number of hydrogen-bond donors (Lipinski definition) is 1. The van der Waals surface area contributed by atoms with Crippen LogP contribution >= 0.6 is 16.5 Å². The maximum Gasteiger partial charge on any atom is 1.00 e. The van der Waals surface area contributed by atoms with Gasteiger partial charge in [-0.25, -0.2) is 0 Å². The molecule has 2 atom stereocenters. The first-order chi connectivity index (χ1) is 5.06. The van der Waals surface area contributed by atoms with Crippen molar-refractivity contribution < 1.29 is 92.2 Å². The fourth-order valence-corrected chi connectivity index (χ4v) is 0.949. The van der Waals surface area contributed by atoms with Crippen molar-refractivity contribution in [3.8, 4) is 0 Å². The molecule has 11 heteroatoms. The first-order valence-corrected chi connectivity index (χ1v) is 4.48. The minimum Gasteiger partial charge on any atom is -0.566 e. The minimum absolute atomic E-state index is 0. The van der Waals surface area contributed by atoms with E-state index in [1.165, 1.54) is 0 Å². The van der Waals surface area contributed by atoms with E-state index < -0.39 is 29.4 Å². The van der Waals surface area contributed by atoms with Crippen LogP contribution in [0.3, 0.4) is 0 Å². The summed E-state index contributed by atoms with van der Waals surface area (Å²) in [6.07, 6.45) is -1.67. The van der Waals surface area contributed by atoms with Crippen molar-refractivity contribution in [3.05, 3.63) is 0 Å². The fraction of sp³-hybridized carbons (Fsp3) is 1.00. The molecule has 1 N–H and O–H groups in total. The molecule has 2 unspecified atom stereocenters. The van der Waals surface area contributed by atoms with Crippen LogP contribution < -0.4 is 68.9 Å². The van der Waals surface area contributed by atoms with Crippen LogP contribution in [0.2, 0.25) is 0 Å². The van der Waals surface area contributed by atoms with Gasteiger partial charge in [-0.2, -0.15) is 0 Å². The number of hydrogen-bond acceptors (Lipinski definition) is 7. The molecule has 13 heavy (non-hydrogen) atoms. The van der Waals surface area contributed by atoms with Crippen LogP contribution in [0.4, 0.5) is 0 Å². The number of aliphatic hydroxyl groups is 1. The van der Waals surface area contributed by atoms with Gasteiger partial charge in [-0.3, -0.25) is 0 Å². The van der Waals surface area contributed by atoms with Crippen LogP contribution in [0.1, 0.15) is 0 Å². The summed E-state index contributed by atoms with van der Waals surface area (Å²) in [6.45, 7) is -0.855. The Morgan fingerprint density at radius 3 is 1.62 bits per heavy atom. The Morgan fingerprint density at radius 2 is 1.46 bits per heavy atom. The van der Waals surface area contributed by atoms with E-state index in [1.807, 2.05) is 0 Å². The van der Waals surface area contributed by atoms with Crippen LogP contribution in [-0.4, -0.2) is 18.0 Å². The average molecular weight is 248 g/mol. The van der Waals surface area contributed by atoms with E-state index in [1.54, 1.807) is 0 Å². The summed E-state index contributed by atoms with van der Waals surface area (Å²) in [5, 5.41) is 8.24. The SMILES string of the molecule is O=[P+]([O-])OC(CO)O[P+](=O)[O-].[Na+].[Na+]. The molecule has 0 aliphatic rings. The third-order valence-electron chi connectivity index (χ3n) is 0.556. The van der Waals surface area contributed by atoms with E-state index in [0.29, 0.717) is 0 Å². The average Bonchev–Trinajstić information content (AvgIpc) is 1.84. The molecule has 0 aliphatic heterocycles. The van der Waals surface area contributed by atoms with Crippen LogP contribution in [0.15, 0.2) is 0 Å². The van der Waals surface area contributed by atoms with Gasteiger partial charge >= 0.3 is 75.6 Å². The maximum atomic E-state index is 9.78. The smallest absolute Gasteiger partial charge is 0.566 e. The van der Waals surface area contributed by atoms with Crippen molar-refractivity contribution in [2.45, 2.75) is 6.29 Å². The van der Waals surface area contributed by atoms with Crippen LogP contribution in [0.5, 0.6) is 0 Å². The van der Waals surface area contributed by atoms with Gasteiger partial charge in [-0.05, 0) is 9.13 Å². The molecule has 0 radical (unpaired) electrons. The third-order valence-corrected chi connectivity index (χ3v) is 1.37. The van der Waals surface area contributed by atoms with Crippen molar-refractivity contribution in [2.75, 3.05) is 6.61 Å². The van der Waals surface area contributed by atoms with E-state index in [2.05, 4.69) is 9.05 Å². The monoisotopic (exact) mass is 248 g/mol. The molecular formula is C2H4Na2O7P2+2. The van der Waals surface area contributed by atoms with Gasteiger partial charge in [0.15, 0.2) is 0 Å². The summed E-state index contributed by atoms with van der Waals surface area (Å²) >= 11 is 0. The summed E-state index contributed by atoms with van der Waals surface area (Å²) in [5.74, 6) is 0. The largest absolute Gasteiger partial charge is 1.00 e. The molecule has 0 heterocycles. The summed E-state index contributed by atoms with van der Waals surface area (Å²) in [6, 6.07) is 0. The second kappa shape index (κ2) is 12.1. The molecule has 64 valence electrons. The molecule has 0 aromatic rings. The van der Waals surface area contributed by atoms with Crippen molar-refractivity contribution in [2.24, 2.45) is 0 Å². The van der Waals surface area contributed by atoms with Crippen LogP contribution in [0, 0.1) is 0 Å². The van der Waals surface area contributed by atoms with E-state index in [0.717, 1.165) is 0 Å². The second-order valence-electron chi connectivity index (χ2n) is 1.27. The Balaban J connectivity index is -0.000000500. The summed E-state index contributed by atoms with van der Waals surface area (Å²) in [7, 11) is -6.46. The van der Waals surface area contributed by atoms with Gasteiger partial charge < -0.3 is 14.9 Å². The Hall–Kier alpha value is 2.00. The summed E-state index contributed by atoms with van der Waals surface area (Å²) in [5.41, 5.74) is 0. The molecule has 0 aliphatic carbocycles. The summed E-state index contributed by atoms with van der Waals surface area (Å²) < 4.78 is 27.2. The Morgan fingerprint density at radius 1 is 1.15 bits per heavy atom. The molecule has 0 rings (SSSR count). The van der Waals surface area contributed by atoms with E-state index in [-0.39, 0.29) is 59.1 Å². The molecule has 0 saturated carbocycles. The number of aliphatic hydroxyl groups excluding tert-OH is 1. The van der Waals surface area contributed by atoms with Crippen LogP contribution in [0.25, 0.3) is 0 Å². The first kappa shape index (κ1) is 20.4. The first-order valence-electron chi connectivity index (χ1n) is 2.29. The van der Waals surface area contributed by atoms with Gasteiger partial charge in [0, 0.05) is 0 Å². The molecule has 0 spiro atoms. The Kier molecular flexibility index (Phi) is 19.0. The third kappa shape index (κ3) is 14.0. The van der Waals surface area contributed by atoms with Crippen LogP contribution in [-0.2, 0) is 18.2 Å². The minimum atomic E-state index is -3.23. The van der Waals surface area contributed by atoms with E-state index in [4.69, 9.17) is 5.11 Å².